The summed E-state index contributed by atoms with van der Waals surface area (Å²) in [6, 6.07) is 7.98. The first kappa shape index (κ1) is 15.9. The highest BCUT2D eigenvalue weighted by molar-refractivity contribution is 9.10. The molecular weight excluding hydrogens is 400 g/mol. The van der Waals surface area contributed by atoms with Crippen LogP contribution in [0.5, 0.6) is 0 Å². The Morgan fingerprint density at radius 2 is 2.23 bits per heavy atom. The predicted octanol–water partition coefficient (Wildman–Crippen LogP) is 5.36. The van der Waals surface area contributed by atoms with Gasteiger partial charge in [0.25, 0.3) is 0 Å². The molecule has 2 aromatic heterocycles. The van der Waals surface area contributed by atoms with Crippen LogP contribution in [-0.2, 0) is 12.2 Å². The summed E-state index contributed by atoms with van der Waals surface area (Å²) in [7, 11) is 0. The normalized spacial score (nSPS) is 10.8. The van der Waals surface area contributed by atoms with E-state index in [1.165, 1.54) is 5.01 Å². The van der Waals surface area contributed by atoms with E-state index >= 15 is 0 Å². The van der Waals surface area contributed by atoms with E-state index in [2.05, 4.69) is 48.7 Å². The molecule has 0 saturated carbocycles. The van der Waals surface area contributed by atoms with E-state index in [4.69, 9.17) is 0 Å². The highest BCUT2D eigenvalue weighted by Gasteiger charge is 2.07. The van der Waals surface area contributed by atoms with Gasteiger partial charge in [-0.2, -0.15) is 0 Å². The number of aromatic nitrogens is 3. The number of benzene rings is 1. The molecule has 1 N–H and O–H groups in total. The van der Waals surface area contributed by atoms with Crippen molar-refractivity contribution in [1.29, 1.82) is 0 Å². The fourth-order valence-corrected chi connectivity index (χ4v) is 4.64. The fraction of sp³-hybridized carbons (Fsp3) is 0.214. The lowest BCUT2D eigenvalue weighted by Crippen LogP contribution is -1.88. The van der Waals surface area contributed by atoms with Crippen LogP contribution < -0.4 is 5.32 Å². The maximum Gasteiger partial charge on any atom is 0.210 e. The monoisotopic (exact) mass is 412 g/mol. The quantitative estimate of drug-likeness (QED) is 0.552. The van der Waals surface area contributed by atoms with Crippen molar-refractivity contribution < 1.29 is 0 Å². The summed E-state index contributed by atoms with van der Waals surface area (Å²) in [5.74, 6) is 0.835. The molecule has 0 fully saturated rings. The molecular formula is C14H13BrN4S3. The molecule has 0 unspecified atom stereocenters. The van der Waals surface area contributed by atoms with Gasteiger partial charge in [0.15, 0.2) is 4.34 Å². The number of anilines is 2. The number of nitrogens with one attached hydrogen (secondary N) is 1. The molecule has 0 saturated heterocycles. The van der Waals surface area contributed by atoms with Gasteiger partial charge in [-0.05, 0) is 24.6 Å². The summed E-state index contributed by atoms with van der Waals surface area (Å²) < 4.78 is 1.98. The zero-order valence-electron chi connectivity index (χ0n) is 11.7. The van der Waals surface area contributed by atoms with Gasteiger partial charge in [-0.25, -0.2) is 4.98 Å². The molecule has 3 aromatic rings. The van der Waals surface area contributed by atoms with Crippen LogP contribution >= 0.6 is 50.4 Å². The van der Waals surface area contributed by atoms with Crippen molar-refractivity contribution in [3.63, 3.8) is 0 Å². The zero-order valence-corrected chi connectivity index (χ0v) is 15.8. The van der Waals surface area contributed by atoms with Gasteiger partial charge in [0.05, 0.1) is 10.7 Å². The van der Waals surface area contributed by atoms with Crippen molar-refractivity contribution in [2.75, 3.05) is 5.32 Å². The lowest BCUT2D eigenvalue weighted by atomic mass is 10.3. The van der Waals surface area contributed by atoms with Crippen molar-refractivity contribution in [2.45, 2.75) is 23.4 Å². The van der Waals surface area contributed by atoms with Gasteiger partial charge in [0, 0.05) is 21.3 Å². The first-order chi connectivity index (χ1) is 10.7. The summed E-state index contributed by atoms with van der Waals surface area (Å²) in [5, 5.41) is 15.8. The van der Waals surface area contributed by atoms with Gasteiger partial charge in [0.2, 0.25) is 5.13 Å². The Labute approximate surface area is 149 Å². The number of nitrogens with zero attached hydrogens (tertiary/aromatic N) is 3. The average molecular weight is 413 g/mol. The third kappa shape index (κ3) is 4.28. The third-order valence-corrected chi connectivity index (χ3v) is 6.27. The molecule has 3 rings (SSSR count). The minimum Gasteiger partial charge on any atom is -0.330 e. The zero-order chi connectivity index (χ0) is 15.4. The van der Waals surface area contributed by atoms with Gasteiger partial charge in [-0.15, -0.1) is 21.5 Å². The van der Waals surface area contributed by atoms with E-state index in [0.717, 1.165) is 37.5 Å². The highest BCUT2D eigenvalue weighted by atomic mass is 79.9. The van der Waals surface area contributed by atoms with Crippen LogP contribution in [0.2, 0.25) is 0 Å². The first-order valence-corrected chi connectivity index (χ1v) is 10.1. The summed E-state index contributed by atoms with van der Waals surface area (Å²) in [4.78, 5) is 4.56. The first-order valence-electron chi connectivity index (χ1n) is 6.65. The number of halogens is 1. The van der Waals surface area contributed by atoms with Gasteiger partial charge in [0.1, 0.15) is 0 Å². The smallest absolute Gasteiger partial charge is 0.210 e. The summed E-state index contributed by atoms with van der Waals surface area (Å²) in [5.41, 5.74) is 2.11. The second-order valence-electron chi connectivity index (χ2n) is 4.38. The molecule has 0 aliphatic carbocycles. The topological polar surface area (TPSA) is 50.7 Å². The Morgan fingerprint density at radius 3 is 3.00 bits per heavy atom. The maximum absolute atomic E-state index is 4.56. The Morgan fingerprint density at radius 1 is 1.32 bits per heavy atom. The van der Waals surface area contributed by atoms with Crippen LogP contribution in [0.4, 0.5) is 10.8 Å². The largest absolute Gasteiger partial charge is 0.330 e. The minimum atomic E-state index is 0.799. The van der Waals surface area contributed by atoms with Crippen LogP contribution in [0.25, 0.3) is 0 Å². The van der Waals surface area contributed by atoms with E-state index < -0.39 is 0 Å². The summed E-state index contributed by atoms with van der Waals surface area (Å²) in [6.45, 7) is 2.13. The number of thioether (sulfide) groups is 1. The van der Waals surface area contributed by atoms with Crippen molar-refractivity contribution in [2.24, 2.45) is 0 Å². The summed E-state index contributed by atoms with van der Waals surface area (Å²) in [6.07, 6.45) is 0.995. The van der Waals surface area contributed by atoms with Crippen LogP contribution in [0, 0.1) is 0 Å². The number of hydrogen-bond donors (Lipinski definition) is 1. The predicted molar refractivity (Wildman–Crippen MR) is 98.4 cm³/mol. The van der Waals surface area contributed by atoms with Crippen molar-refractivity contribution in [3.05, 3.63) is 44.8 Å². The second-order valence-corrected chi connectivity index (χ2v) is 8.44. The second kappa shape index (κ2) is 7.54. The Balaban J connectivity index is 1.59. The SMILES string of the molecule is CCc1nc(CSc2nnc(Nc3cccc(Br)c3)s2)cs1. The molecule has 4 nitrogen and oxygen atoms in total. The van der Waals surface area contributed by atoms with Gasteiger partial charge >= 0.3 is 0 Å². The van der Waals surface area contributed by atoms with Crippen molar-refractivity contribution >= 4 is 61.2 Å². The summed E-state index contributed by atoms with van der Waals surface area (Å²) >= 11 is 8.40. The molecule has 8 heteroatoms. The standard InChI is InChI=1S/C14H13BrN4S3/c1-2-12-16-11(7-20-12)8-21-14-19-18-13(22-14)17-10-5-3-4-9(15)6-10/h3-7H,2,8H2,1H3,(H,17,18). The number of rotatable bonds is 6. The molecule has 1 aromatic carbocycles. The van der Waals surface area contributed by atoms with Crippen LogP contribution in [0.3, 0.4) is 0 Å². The molecule has 0 radical (unpaired) electrons. The molecule has 22 heavy (non-hydrogen) atoms. The molecule has 0 aliphatic heterocycles. The molecule has 2 heterocycles. The molecule has 114 valence electrons. The van der Waals surface area contributed by atoms with E-state index in [1.54, 1.807) is 34.4 Å². The van der Waals surface area contributed by atoms with Gasteiger partial charge < -0.3 is 5.32 Å². The van der Waals surface area contributed by atoms with E-state index in [9.17, 15) is 0 Å². The van der Waals surface area contributed by atoms with Crippen LogP contribution in [0.15, 0.2) is 38.5 Å². The molecule has 0 aliphatic rings. The average Bonchev–Trinajstić information content (AvgIpc) is 3.14. The lowest BCUT2D eigenvalue weighted by molar-refractivity contribution is 1.01. The molecule has 0 spiro atoms. The van der Waals surface area contributed by atoms with Crippen LogP contribution in [-0.4, -0.2) is 15.2 Å². The fourth-order valence-electron chi connectivity index (χ4n) is 1.72. The lowest BCUT2D eigenvalue weighted by Gasteiger charge is -2.01. The Bertz CT molecular complexity index is 756. The highest BCUT2D eigenvalue weighted by Crippen LogP contribution is 2.30. The van der Waals surface area contributed by atoms with Crippen molar-refractivity contribution in [1.82, 2.24) is 15.2 Å². The van der Waals surface area contributed by atoms with Gasteiger partial charge in [-0.3, -0.25) is 0 Å². The van der Waals surface area contributed by atoms with E-state index in [1.807, 2.05) is 24.3 Å². The molecule has 0 atom stereocenters. The van der Waals surface area contributed by atoms with E-state index in [-0.39, 0.29) is 0 Å². The Hall–Kier alpha value is -0.960. The third-order valence-electron chi connectivity index (χ3n) is 2.73. The maximum atomic E-state index is 4.56. The van der Waals surface area contributed by atoms with Crippen molar-refractivity contribution in [3.8, 4) is 0 Å². The van der Waals surface area contributed by atoms with Crippen LogP contribution in [0.1, 0.15) is 17.6 Å². The van der Waals surface area contributed by atoms with E-state index in [0.29, 0.717) is 0 Å². The molecule has 0 bridgehead atoms. The number of thiazole rings is 1. The number of aryl methyl sites for hydroxylation is 1. The minimum absolute atomic E-state index is 0.799. The molecule has 0 amide bonds. The Kier molecular flexibility index (Phi) is 5.46. The van der Waals surface area contributed by atoms with Gasteiger partial charge in [-0.1, -0.05) is 52.0 Å². The number of hydrogen-bond acceptors (Lipinski definition) is 7.